The van der Waals surface area contributed by atoms with Crippen LogP contribution in [0.15, 0.2) is 0 Å². The van der Waals surface area contributed by atoms with E-state index in [0.29, 0.717) is 13.2 Å². The van der Waals surface area contributed by atoms with Crippen LogP contribution in [0.2, 0.25) is 0 Å². The zero-order chi connectivity index (χ0) is 15.1. The first-order valence-electron chi connectivity index (χ1n) is 4.71. The molecule has 8 nitrogen and oxygen atoms in total. The van der Waals surface area contributed by atoms with Crippen LogP contribution < -0.4 is 0 Å². The molecule has 1 aliphatic heterocycles. The Morgan fingerprint density at radius 2 is 1.70 bits per heavy atom. The third-order valence-corrected chi connectivity index (χ3v) is 1.09. The number of carbonyl (C=O) groups is 3. The Morgan fingerprint density at radius 3 is 1.90 bits per heavy atom. The first-order chi connectivity index (χ1) is 8.97. The standard InChI is InChI=1S/C5H6O3.C3H4O3.C3H2O2.CH4/c1-2-5(7)8-4-3-6;4-3-5-1-2-6-3;1-2-3(4)5;/h1,6H,3-4H2;1-2H2;1H,(H,4,5);1H4. The summed E-state index contributed by atoms with van der Waals surface area (Å²) in [6.07, 6.45) is 8.38. The number of carbonyl (C=O) groups excluding carboxylic acids is 2. The average molecular weight is 288 g/mol. The van der Waals surface area contributed by atoms with Gasteiger partial charge in [-0.1, -0.05) is 7.43 Å². The third-order valence-electron chi connectivity index (χ3n) is 1.09. The van der Waals surface area contributed by atoms with Crippen molar-refractivity contribution in [2.45, 2.75) is 7.43 Å². The van der Waals surface area contributed by atoms with Gasteiger partial charge in [0.15, 0.2) is 0 Å². The van der Waals surface area contributed by atoms with E-state index in [1.807, 2.05) is 0 Å². The number of rotatable bonds is 2. The molecular weight excluding hydrogens is 272 g/mol. The lowest BCUT2D eigenvalue weighted by Gasteiger charge is -1.92. The summed E-state index contributed by atoms with van der Waals surface area (Å²) in [6, 6.07) is 0. The number of aliphatic hydroxyl groups is 1. The molecule has 2 N–H and O–H groups in total. The molecule has 0 amide bonds. The molecule has 0 aromatic rings. The molecule has 0 spiro atoms. The largest absolute Gasteiger partial charge is 0.508 e. The van der Waals surface area contributed by atoms with Gasteiger partial charge in [-0.3, -0.25) is 0 Å². The van der Waals surface area contributed by atoms with Crippen molar-refractivity contribution in [1.29, 1.82) is 0 Å². The van der Waals surface area contributed by atoms with Crippen molar-refractivity contribution in [2.75, 3.05) is 26.4 Å². The number of terminal acetylenes is 2. The second-order valence-corrected chi connectivity index (χ2v) is 2.40. The van der Waals surface area contributed by atoms with Crippen LogP contribution in [0.25, 0.3) is 0 Å². The van der Waals surface area contributed by atoms with E-state index in [1.165, 1.54) is 5.92 Å². The van der Waals surface area contributed by atoms with Crippen molar-refractivity contribution in [2.24, 2.45) is 0 Å². The van der Waals surface area contributed by atoms with Crippen molar-refractivity contribution in [3.05, 3.63) is 0 Å². The molecule has 1 fully saturated rings. The van der Waals surface area contributed by atoms with E-state index in [0.717, 1.165) is 0 Å². The maximum absolute atomic E-state index is 10.0. The van der Waals surface area contributed by atoms with E-state index in [1.54, 1.807) is 5.92 Å². The summed E-state index contributed by atoms with van der Waals surface area (Å²) in [6.45, 7) is 0.619. The molecule has 1 aliphatic rings. The SMILES string of the molecule is C.C#CC(=O)O.C#CC(=O)OCCO.O=C1OCCO1. The van der Waals surface area contributed by atoms with Crippen LogP contribution in [0, 0.1) is 24.7 Å². The zero-order valence-electron chi connectivity index (χ0n) is 9.83. The van der Waals surface area contributed by atoms with Gasteiger partial charge in [0, 0.05) is 11.8 Å². The molecule has 0 aliphatic carbocycles. The first-order valence-corrected chi connectivity index (χ1v) is 4.71. The van der Waals surface area contributed by atoms with E-state index in [2.05, 4.69) is 27.1 Å². The van der Waals surface area contributed by atoms with Gasteiger partial charge < -0.3 is 24.4 Å². The van der Waals surface area contributed by atoms with Crippen LogP contribution in [0.5, 0.6) is 0 Å². The molecule has 20 heavy (non-hydrogen) atoms. The van der Waals surface area contributed by atoms with Gasteiger partial charge in [-0.25, -0.2) is 14.4 Å². The summed E-state index contributed by atoms with van der Waals surface area (Å²) in [5.74, 6) is 1.22. The highest BCUT2D eigenvalue weighted by atomic mass is 16.8. The Hall–Kier alpha value is -2.71. The highest BCUT2D eigenvalue weighted by Crippen LogP contribution is 1.92. The zero-order valence-corrected chi connectivity index (χ0v) is 9.83. The van der Waals surface area contributed by atoms with Gasteiger partial charge in [0.2, 0.25) is 0 Å². The van der Waals surface area contributed by atoms with E-state index < -0.39 is 18.1 Å². The number of hydrogen-bond acceptors (Lipinski definition) is 7. The number of cyclic esters (lactones) is 2. The number of aliphatic carboxylic acids is 1. The van der Waals surface area contributed by atoms with Crippen LogP contribution in [0.4, 0.5) is 4.79 Å². The predicted molar refractivity (Wildman–Crippen MR) is 67.4 cm³/mol. The maximum atomic E-state index is 10.0. The van der Waals surface area contributed by atoms with Crippen molar-refractivity contribution in [1.82, 2.24) is 0 Å². The summed E-state index contributed by atoms with van der Waals surface area (Å²) < 4.78 is 12.8. The van der Waals surface area contributed by atoms with Crippen LogP contribution in [-0.4, -0.2) is 54.7 Å². The summed E-state index contributed by atoms with van der Waals surface area (Å²) >= 11 is 0. The summed E-state index contributed by atoms with van der Waals surface area (Å²) in [5, 5.41) is 15.6. The van der Waals surface area contributed by atoms with Crippen LogP contribution in [0.1, 0.15) is 7.43 Å². The highest BCUT2D eigenvalue weighted by molar-refractivity contribution is 5.87. The minimum absolute atomic E-state index is 0. The molecule has 0 radical (unpaired) electrons. The fourth-order valence-electron chi connectivity index (χ4n) is 0.472. The molecule has 0 bridgehead atoms. The monoisotopic (exact) mass is 288 g/mol. The molecule has 0 saturated carbocycles. The molecule has 0 aromatic carbocycles. The molecule has 0 atom stereocenters. The predicted octanol–water partition coefficient (Wildman–Crippen LogP) is -0.351. The number of esters is 1. The van der Waals surface area contributed by atoms with Gasteiger partial charge in [0.25, 0.3) is 0 Å². The normalized spacial score (nSPS) is 10.2. The molecule has 8 heteroatoms. The number of hydrogen-bond donors (Lipinski definition) is 2. The molecular formula is C12H16O8. The Labute approximate surface area is 116 Å². The van der Waals surface area contributed by atoms with Crippen molar-refractivity contribution in [3.8, 4) is 24.7 Å². The topological polar surface area (TPSA) is 119 Å². The van der Waals surface area contributed by atoms with Gasteiger partial charge in [0.1, 0.15) is 19.8 Å². The lowest BCUT2D eigenvalue weighted by molar-refractivity contribution is -0.137. The minimum Gasteiger partial charge on any atom is -0.472 e. The average Bonchev–Trinajstić information content (AvgIpc) is 2.88. The number of ether oxygens (including phenoxy) is 3. The van der Waals surface area contributed by atoms with Gasteiger partial charge in [0.05, 0.1) is 6.61 Å². The van der Waals surface area contributed by atoms with Crippen molar-refractivity contribution >= 4 is 18.1 Å². The van der Waals surface area contributed by atoms with Gasteiger partial charge in [-0.2, -0.15) is 0 Å². The Balaban J connectivity index is -0.000000217. The molecule has 1 saturated heterocycles. The fourth-order valence-corrected chi connectivity index (χ4v) is 0.472. The smallest absolute Gasteiger partial charge is 0.472 e. The number of aliphatic hydroxyl groups excluding tert-OH is 1. The van der Waals surface area contributed by atoms with E-state index in [9.17, 15) is 9.59 Å². The van der Waals surface area contributed by atoms with Crippen molar-refractivity contribution < 1.29 is 38.8 Å². The van der Waals surface area contributed by atoms with Crippen LogP contribution >= 0.6 is 0 Å². The summed E-state index contributed by atoms with van der Waals surface area (Å²) in [4.78, 5) is 28.9. The Bertz CT molecular complexity index is 366. The minimum atomic E-state index is -1.22. The van der Waals surface area contributed by atoms with E-state index >= 15 is 0 Å². The molecule has 0 aromatic heterocycles. The molecule has 0 unspecified atom stereocenters. The van der Waals surface area contributed by atoms with Gasteiger partial charge in [-0.05, 0) is 0 Å². The van der Waals surface area contributed by atoms with Crippen LogP contribution in [0.3, 0.4) is 0 Å². The second-order valence-electron chi connectivity index (χ2n) is 2.40. The molecule has 1 rings (SSSR count). The quantitative estimate of drug-likeness (QED) is 0.402. The lowest BCUT2D eigenvalue weighted by Crippen LogP contribution is -2.04. The van der Waals surface area contributed by atoms with E-state index in [-0.39, 0.29) is 20.6 Å². The molecule has 112 valence electrons. The fraction of sp³-hybridized carbons (Fsp3) is 0.417. The second kappa shape index (κ2) is 16.3. The lowest BCUT2D eigenvalue weighted by atomic mass is 10.7. The van der Waals surface area contributed by atoms with Crippen LogP contribution in [-0.2, 0) is 23.8 Å². The third kappa shape index (κ3) is 20.7. The molecule has 1 heterocycles. The number of carboxylic acid groups (broad SMARTS) is 1. The Morgan fingerprint density at radius 1 is 1.25 bits per heavy atom. The van der Waals surface area contributed by atoms with Crippen molar-refractivity contribution in [3.63, 3.8) is 0 Å². The summed E-state index contributed by atoms with van der Waals surface area (Å²) in [5.41, 5.74) is 0. The maximum Gasteiger partial charge on any atom is 0.508 e. The van der Waals surface area contributed by atoms with Gasteiger partial charge in [-0.15, -0.1) is 12.8 Å². The summed E-state index contributed by atoms with van der Waals surface area (Å²) in [7, 11) is 0. The highest BCUT2D eigenvalue weighted by Gasteiger charge is 2.09. The van der Waals surface area contributed by atoms with Gasteiger partial charge >= 0.3 is 18.1 Å². The number of carboxylic acids is 1. The first kappa shape index (κ1) is 22.5. The Kier molecular flexibility index (Phi) is 18.3. The van der Waals surface area contributed by atoms with E-state index in [4.69, 9.17) is 15.0 Å².